The first kappa shape index (κ1) is 17.0. The van der Waals surface area contributed by atoms with Crippen LogP contribution in [-0.2, 0) is 11.3 Å². The van der Waals surface area contributed by atoms with Crippen molar-refractivity contribution in [2.24, 2.45) is 0 Å². The number of benzene rings is 2. The van der Waals surface area contributed by atoms with Gasteiger partial charge in [-0.2, -0.15) is 0 Å². The quantitative estimate of drug-likeness (QED) is 0.875. The first-order valence-electron chi connectivity index (χ1n) is 8.27. The predicted octanol–water partition coefficient (Wildman–Crippen LogP) is 3.30. The summed E-state index contributed by atoms with van der Waals surface area (Å²) in [5.41, 5.74) is 8.50. The van der Waals surface area contributed by atoms with Gasteiger partial charge in [0, 0.05) is 24.2 Å². The summed E-state index contributed by atoms with van der Waals surface area (Å²) in [6.45, 7) is 3.32. The van der Waals surface area contributed by atoms with E-state index in [-0.39, 0.29) is 18.0 Å². The minimum Gasteiger partial charge on any atom is -0.337 e. The number of likely N-dealkylation sites (N-methyl/N-ethyl adjacent to an activating group) is 1. The molecule has 5 heteroatoms. The van der Waals surface area contributed by atoms with Crippen molar-refractivity contribution < 1.29 is 4.79 Å². The van der Waals surface area contributed by atoms with Crippen LogP contribution in [0.15, 0.2) is 54.6 Å². The maximum absolute atomic E-state index is 12.8. The maximum Gasteiger partial charge on any atom is 0.241 e. The lowest BCUT2D eigenvalue weighted by Gasteiger charge is -2.24. The molecule has 2 N–H and O–H groups in total. The van der Waals surface area contributed by atoms with Gasteiger partial charge >= 0.3 is 0 Å². The molecule has 126 valence electrons. The Morgan fingerprint density at radius 1 is 1.12 bits per heavy atom. The molecule has 1 saturated heterocycles. The normalized spacial score (nSPS) is 20.1. The molecule has 2 unspecified atom stereocenters. The van der Waals surface area contributed by atoms with Crippen molar-refractivity contribution >= 4 is 17.5 Å². The number of nitrogens with zero attached hydrogens (tertiary/aromatic N) is 1. The van der Waals surface area contributed by atoms with Gasteiger partial charge in [-0.25, -0.2) is 10.9 Å². The number of nitrogens with one attached hydrogen (secondary N) is 2. The summed E-state index contributed by atoms with van der Waals surface area (Å²) in [6, 6.07) is 17.6. The molecule has 0 saturated carbocycles. The zero-order valence-corrected chi connectivity index (χ0v) is 14.5. The monoisotopic (exact) mass is 343 g/mol. The molecular weight excluding hydrogens is 322 g/mol. The van der Waals surface area contributed by atoms with Crippen molar-refractivity contribution in [3.63, 3.8) is 0 Å². The molecule has 0 radical (unpaired) electrons. The molecule has 1 aliphatic heterocycles. The fourth-order valence-electron chi connectivity index (χ4n) is 3.05. The fourth-order valence-corrected chi connectivity index (χ4v) is 3.32. The average molecular weight is 344 g/mol. The van der Waals surface area contributed by atoms with Crippen LogP contribution in [0.25, 0.3) is 0 Å². The van der Waals surface area contributed by atoms with Gasteiger partial charge in [0.25, 0.3) is 0 Å². The molecule has 3 rings (SSSR count). The smallest absolute Gasteiger partial charge is 0.241 e. The van der Waals surface area contributed by atoms with Crippen molar-refractivity contribution in [1.82, 2.24) is 15.8 Å². The minimum atomic E-state index is -0.241. The number of carbonyl (C=O) groups is 1. The van der Waals surface area contributed by atoms with Gasteiger partial charge in [-0.05, 0) is 30.5 Å². The van der Waals surface area contributed by atoms with Gasteiger partial charge in [0.05, 0.1) is 0 Å². The molecule has 0 aliphatic carbocycles. The summed E-state index contributed by atoms with van der Waals surface area (Å²) >= 11 is 6.27. The number of carbonyl (C=O) groups excluding carboxylic acids is 1. The van der Waals surface area contributed by atoms with Gasteiger partial charge in [-0.3, -0.25) is 4.79 Å². The summed E-state index contributed by atoms with van der Waals surface area (Å²) < 4.78 is 0. The third-order valence-electron chi connectivity index (χ3n) is 4.39. The standard InChI is InChI=1S/C19H22ClN3O/c1-2-23(13-14-8-4-3-5-9-14)19(24)18-12-17(21-22-18)15-10-6-7-11-16(15)20/h3-11,17-18,21-22H,2,12-13H2,1H3. The zero-order valence-electron chi connectivity index (χ0n) is 13.7. The van der Waals surface area contributed by atoms with Gasteiger partial charge in [0.2, 0.25) is 5.91 Å². The van der Waals surface area contributed by atoms with E-state index in [1.807, 2.05) is 66.4 Å². The van der Waals surface area contributed by atoms with Crippen LogP contribution in [0.2, 0.25) is 5.02 Å². The van der Waals surface area contributed by atoms with Crippen molar-refractivity contribution in [3.8, 4) is 0 Å². The Kier molecular flexibility index (Phi) is 5.51. The van der Waals surface area contributed by atoms with E-state index >= 15 is 0 Å². The Bertz CT molecular complexity index is 692. The molecule has 4 nitrogen and oxygen atoms in total. The van der Waals surface area contributed by atoms with E-state index < -0.39 is 0 Å². The van der Waals surface area contributed by atoms with Crippen LogP contribution in [0.4, 0.5) is 0 Å². The molecular formula is C19H22ClN3O. The van der Waals surface area contributed by atoms with E-state index in [2.05, 4.69) is 10.9 Å². The lowest BCUT2D eigenvalue weighted by molar-refractivity contribution is -0.133. The van der Waals surface area contributed by atoms with Gasteiger partial charge in [-0.1, -0.05) is 60.1 Å². The molecule has 0 aromatic heterocycles. The van der Waals surface area contributed by atoms with E-state index in [0.717, 1.165) is 16.1 Å². The number of amides is 1. The second kappa shape index (κ2) is 7.79. The molecule has 1 amide bonds. The first-order valence-corrected chi connectivity index (χ1v) is 8.65. The fraction of sp³-hybridized carbons (Fsp3) is 0.316. The topological polar surface area (TPSA) is 44.4 Å². The summed E-state index contributed by atoms with van der Waals surface area (Å²) in [7, 11) is 0. The van der Waals surface area contributed by atoms with Crippen LogP contribution in [0.1, 0.15) is 30.5 Å². The third-order valence-corrected chi connectivity index (χ3v) is 4.74. The molecule has 1 fully saturated rings. The van der Waals surface area contributed by atoms with Crippen molar-refractivity contribution in [2.45, 2.75) is 32.0 Å². The van der Waals surface area contributed by atoms with Gasteiger partial charge in [0.1, 0.15) is 6.04 Å². The first-order chi connectivity index (χ1) is 11.7. The minimum absolute atomic E-state index is 0.0445. The van der Waals surface area contributed by atoms with E-state index in [1.54, 1.807) is 0 Å². The van der Waals surface area contributed by atoms with E-state index in [4.69, 9.17) is 11.6 Å². The highest BCUT2D eigenvalue weighted by molar-refractivity contribution is 6.31. The Morgan fingerprint density at radius 2 is 1.83 bits per heavy atom. The predicted molar refractivity (Wildman–Crippen MR) is 96.4 cm³/mol. The number of hydrogen-bond acceptors (Lipinski definition) is 3. The van der Waals surface area contributed by atoms with Crippen LogP contribution < -0.4 is 10.9 Å². The molecule has 2 aromatic carbocycles. The Labute approximate surface area is 147 Å². The second-order valence-corrected chi connectivity index (χ2v) is 6.40. The Morgan fingerprint density at radius 3 is 2.54 bits per heavy atom. The molecule has 1 heterocycles. The molecule has 2 atom stereocenters. The zero-order chi connectivity index (χ0) is 16.9. The Hall–Kier alpha value is -1.88. The summed E-state index contributed by atoms with van der Waals surface area (Å²) in [5, 5.41) is 0.724. The largest absolute Gasteiger partial charge is 0.337 e. The number of halogens is 1. The lowest BCUT2D eigenvalue weighted by Crippen LogP contribution is -2.45. The van der Waals surface area contributed by atoms with Crippen LogP contribution in [0.5, 0.6) is 0 Å². The highest BCUT2D eigenvalue weighted by Crippen LogP contribution is 2.28. The average Bonchev–Trinajstić information content (AvgIpc) is 3.10. The summed E-state index contributed by atoms with van der Waals surface area (Å²) in [4.78, 5) is 14.7. The molecule has 1 aliphatic rings. The molecule has 2 aromatic rings. The lowest BCUT2D eigenvalue weighted by atomic mass is 10.0. The second-order valence-electron chi connectivity index (χ2n) is 5.99. The highest BCUT2D eigenvalue weighted by Gasteiger charge is 2.33. The maximum atomic E-state index is 12.8. The van der Waals surface area contributed by atoms with Gasteiger partial charge < -0.3 is 4.90 Å². The van der Waals surface area contributed by atoms with E-state index in [0.29, 0.717) is 19.5 Å². The Balaban J connectivity index is 1.66. The highest BCUT2D eigenvalue weighted by atomic mass is 35.5. The molecule has 0 spiro atoms. The summed E-state index contributed by atoms with van der Waals surface area (Å²) in [6.07, 6.45) is 0.688. The third kappa shape index (κ3) is 3.78. The van der Waals surface area contributed by atoms with E-state index in [1.165, 1.54) is 0 Å². The van der Waals surface area contributed by atoms with Gasteiger partial charge in [-0.15, -0.1) is 0 Å². The van der Waals surface area contributed by atoms with Crippen LogP contribution in [-0.4, -0.2) is 23.4 Å². The van der Waals surface area contributed by atoms with Gasteiger partial charge in [0.15, 0.2) is 0 Å². The van der Waals surface area contributed by atoms with Crippen molar-refractivity contribution in [1.29, 1.82) is 0 Å². The SMILES string of the molecule is CCN(Cc1ccccc1)C(=O)C1CC(c2ccccc2Cl)NN1. The number of hydrogen-bond donors (Lipinski definition) is 2. The van der Waals surface area contributed by atoms with Crippen molar-refractivity contribution in [3.05, 3.63) is 70.7 Å². The number of hydrazine groups is 1. The van der Waals surface area contributed by atoms with Crippen molar-refractivity contribution in [2.75, 3.05) is 6.54 Å². The van der Waals surface area contributed by atoms with Crippen LogP contribution >= 0.6 is 11.6 Å². The molecule has 24 heavy (non-hydrogen) atoms. The van der Waals surface area contributed by atoms with Crippen LogP contribution in [0.3, 0.4) is 0 Å². The van der Waals surface area contributed by atoms with Crippen LogP contribution in [0, 0.1) is 0 Å². The number of rotatable bonds is 5. The molecule has 0 bridgehead atoms. The summed E-state index contributed by atoms with van der Waals surface area (Å²) in [5.74, 6) is 0.114. The van der Waals surface area contributed by atoms with E-state index in [9.17, 15) is 4.79 Å².